The first kappa shape index (κ1) is 17.7. The Balaban J connectivity index is 4.49. The number of carboxylic acid groups (broad SMARTS) is 1. The average molecular weight is 272 g/mol. The molecule has 1 atom stereocenters. The summed E-state index contributed by atoms with van der Waals surface area (Å²) in [5.74, 6) is -0.683. The van der Waals surface area contributed by atoms with Gasteiger partial charge in [0.05, 0.1) is 0 Å². The molecule has 3 N–H and O–H groups in total. The standard InChI is InChI=1S/C14H28N2O3/c1-7-14(8-2,11(17)18)16-12(19)15-9-10(3)13(4,5)6/h10H,7-9H2,1-6H3,(H,17,18)(H2,15,16,19). The van der Waals surface area contributed by atoms with Crippen molar-refractivity contribution in [3.8, 4) is 0 Å². The van der Waals surface area contributed by atoms with Crippen LogP contribution in [0.15, 0.2) is 0 Å². The fraction of sp³-hybridized carbons (Fsp3) is 0.857. The van der Waals surface area contributed by atoms with E-state index in [4.69, 9.17) is 0 Å². The van der Waals surface area contributed by atoms with Gasteiger partial charge in [-0.3, -0.25) is 0 Å². The summed E-state index contributed by atoms with van der Waals surface area (Å²) in [5.41, 5.74) is -1.07. The molecule has 0 aromatic rings. The van der Waals surface area contributed by atoms with E-state index in [-0.39, 0.29) is 5.41 Å². The summed E-state index contributed by atoms with van der Waals surface area (Å²) in [7, 11) is 0. The number of amides is 2. The molecule has 1 unspecified atom stereocenters. The molecule has 0 aliphatic heterocycles. The molecular weight excluding hydrogens is 244 g/mol. The Labute approximate surface area is 116 Å². The Morgan fingerprint density at radius 1 is 1.16 bits per heavy atom. The fourth-order valence-electron chi connectivity index (χ4n) is 1.60. The van der Waals surface area contributed by atoms with Crippen molar-refractivity contribution in [1.29, 1.82) is 0 Å². The summed E-state index contributed by atoms with van der Waals surface area (Å²) in [6.45, 7) is 12.4. The van der Waals surface area contributed by atoms with E-state index in [0.29, 0.717) is 25.3 Å². The van der Waals surface area contributed by atoms with E-state index in [1.165, 1.54) is 0 Å². The number of carbonyl (C=O) groups excluding carboxylic acids is 1. The van der Waals surface area contributed by atoms with Crippen LogP contribution in [0.2, 0.25) is 0 Å². The van der Waals surface area contributed by atoms with Crippen LogP contribution in [0.5, 0.6) is 0 Å². The fourth-order valence-corrected chi connectivity index (χ4v) is 1.60. The zero-order valence-electron chi connectivity index (χ0n) is 13.0. The molecule has 0 saturated heterocycles. The van der Waals surface area contributed by atoms with Crippen molar-refractivity contribution < 1.29 is 14.7 Å². The van der Waals surface area contributed by atoms with E-state index in [1.807, 2.05) is 0 Å². The van der Waals surface area contributed by atoms with Crippen molar-refractivity contribution in [2.45, 2.75) is 59.9 Å². The SMILES string of the molecule is CCC(CC)(NC(=O)NCC(C)C(C)(C)C)C(=O)O. The van der Waals surface area contributed by atoms with Gasteiger partial charge in [-0.25, -0.2) is 9.59 Å². The highest BCUT2D eigenvalue weighted by Gasteiger charge is 2.36. The monoisotopic (exact) mass is 272 g/mol. The Kier molecular flexibility index (Phi) is 6.33. The minimum atomic E-state index is -1.17. The smallest absolute Gasteiger partial charge is 0.329 e. The van der Waals surface area contributed by atoms with Crippen LogP contribution >= 0.6 is 0 Å². The van der Waals surface area contributed by atoms with Crippen molar-refractivity contribution in [3.05, 3.63) is 0 Å². The van der Waals surface area contributed by atoms with Crippen LogP contribution in [0.3, 0.4) is 0 Å². The van der Waals surface area contributed by atoms with Gasteiger partial charge in [-0.05, 0) is 24.2 Å². The van der Waals surface area contributed by atoms with Crippen molar-refractivity contribution >= 4 is 12.0 Å². The molecular formula is C14H28N2O3. The molecule has 0 aliphatic carbocycles. The number of hydrogen-bond acceptors (Lipinski definition) is 2. The molecule has 0 aromatic carbocycles. The third kappa shape index (κ3) is 5.09. The first-order valence-electron chi connectivity index (χ1n) is 6.88. The molecule has 112 valence electrons. The molecule has 0 radical (unpaired) electrons. The summed E-state index contributed by atoms with van der Waals surface area (Å²) >= 11 is 0. The second kappa shape index (κ2) is 6.78. The van der Waals surface area contributed by atoms with Gasteiger partial charge in [0.2, 0.25) is 0 Å². The van der Waals surface area contributed by atoms with Crippen LogP contribution in [0.4, 0.5) is 4.79 Å². The van der Waals surface area contributed by atoms with E-state index in [2.05, 4.69) is 38.3 Å². The quantitative estimate of drug-likeness (QED) is 0.695. The lowest BCUT2D eigenvalue weighted by Gasteiger charge is -2.30. The average Bonchev–Trinajstić information content (AvgIpc) is 2.31. The van der Waals surface area contributed by atoms with Crippen molar-refractivity contribution in [2.24, 2.45) is 11.3 Å². The van der Waals surface area contributed by atoms with Crippen molar-refractivity contribution in [1.82, 2.24) is 10.6 Å². The van der Waals surface area contributed by atoms with E-state index < -0.39 is 17.5 Å². The molecule has 2 amide bonds. The lowest BCUT2D eigenvalue weighted by atomic mass is 9.82. The first-order chi connectivity index (χ1) is 8.59. The molecule has 0 fully saturated rings. The first-order valence-corrected chi connectivity index (χ1v) is 6.88. The summed E-state index contributed by atoms with van der Waals surface area (Å²) in [6, 6.07) is -0.415. The molecule has 0 heterocycles. The molecule has 0 aliphatic rings. The number of urea groups is 1. The maximum atomic E-state index is 11.8. The highest BCUT2D eigenvalue weighted by Crippen LogP contribution is 2.24. The van der Waals surface area contributed by atoms with Gasteiger partial charge in [0.25, 0.3) is 0 Å². The molecule has 0 aromatic heterocycles. The van der Waals surface area contributed by atoms with Crippen molar-refractivity contribution in [3.63, 3.8) is 0 Å². The zero-order chi connectivity index (χ0) is 15.3. The Bertz CT molecular complexity index is 317. The highest BCUT2D eigenvalue weighted by molar-refractivity contribution is 5.86. The second-order valence-corrected chi connectivity index (χ2v) is 6.20. The Hall–Kier alpha value is -1.26. The lowest BCUT2D eigenvalue weighted by Crippen LogP contribution is -2.57. The van der Waals surface area contributed by atoms with E-state index in [9.17, 15) is 14.7 Å². The predicted octanol–water partition coefficient (Wildman–Crippen LogP) is 2.61. The van der Waals surface area contributed by atoms with Crippen molar-refractivity contribution in [2.75, 3.05) is 6.54 Å². The molecule has 0 rings (SSSR count). The van der Waals surface area contributed by atoms with Crippen LogP contribution in [-0.4, -0.2) is 29.2 Å². The van der Waals surface area contributed by atoms with Crippen LogP contribution < -0.4 is 10.6 Å². The third-order valence-electron chi connectivity index (χ3n) is 4.02. The number of carboxylic acids is 1. The lowest BCUT2D eigenvalue weighted by molar-refractivity contribution is -0.144. The van der Waals surface area contributed by atoms with Gasteiger partial charge < -0.3 is 15.7 Å². The molecule has 19 heavy (non-hydrogen) atoms. The number of aliphatic carboxylic acids is 1. The predicted molar refractivity (Wildman–Crippen MR) is 76.1 cm³/mol. The summed E-state index contributed by atoms with van der Waals surface area (Å²) in [4.78, 5) is 23.1. The normalized spacial score (nSPS) is 13.8. The molecule has 0 bridgehead atoms. The van der Waals surface area contributed by atoms with Gasteiger partial charge in [-0.15, -0.1) is 0 Å². The summed E-state index contributed by atoms with van der Waals surface area (Å²) in [5, 5.41) is 14.6. The van der Waals surface area contributed by atoms with Gasteiger partial charge in [0, 0.05) is 6.54 Å². The third-order valence-corrected chi connectivity index (χ3v) is 4.02. The van der Waals surface area contributed by atoms with Crippen LogP contribution in [0.25, 0.3) is 0 Å². The van der Waals surface area contributed by atoms with E-state index in [0.717, 1.165) is 0 Å². The highest BCUT2D eigenvalue weighted by atomic mass is 16.4. The van der Waals surface area contributed by atoms with Gasteiger partial charge in [-0.2, -0.15) is 0 Å². The largest absolute Gasteiger partial charge is 0.480 e. The Morgan fingerprint density at radius 3 is 1.95 bits per heavy atom. The van der Waals surface area contributed by atoms with Gasteiger partial charge in [0.15, 0.2) is 0 Å². The maximum Gasteiger partial charge on any atom is 0.329 e. The van der Waals surface area contributed by atoms with E-state index >= 15 is 0 Å². The van der Waals surface area contributed by atoms with Crippen LogP contribution in [0, 0.1) is 11.3 Å². The molecule has 0 spiro atoms. The maximum absolute atomic E-state index is 11.8. The van der Waals surface area contributed by atoms with Gasteiger partial charge in [-0.1, -0.05) is 41.5 Å². The summed E-state index contributed by atoms with van der Waals surface area (Å²) in [6.07, 6.45) is 0.724. The Morgan fingerprint density at radius 2 is 1.63 bits per heavy atom. The van der Waals surface area contributed by atoms with Crippen LogP contribution in [-0.2, 0) is 4.79 Å². The van der Waals surface area contributed by atoms with Gasteiger partial charge >= 0.3 is 12.0 Å². The summed E-state index contributed by atoms with van der Waals surface area (Å²) < 4.78 is 0. The number of nitrogens with one attached hydrogen (secondary N) is 2. The topological polar surface area (TPSA) is 78.4 Å². The zero-order valence-corrected chi connectivity index (χ0v) is 13.0. The molecule has 5 nitrogen and oxygen atoms in total. The molecule has 5 heteroatoms. The number of hydrogen-bond donors (Lipinski definition) is 3. The second-order valence-electron chi connectivity index (χ2n) is 6.20. The minimum Gasteiger partial charge on any atom is -0.480 e. The molecule has 0 saturated carbocycles. The van der Waals surface area contributed by atoms with Gasteiger partial charge in [0.1, 0.15) is 5.54 Å². The van der Waals surface area contributed by atoms with E-state index in [1.54, 1.807) is 13.8 Å². The number of rotatable bonds is 6. The minimum absolute atomic E-state index is 0.104. The number of carbonyl (C=O) groups is 2. The van der Waals surface area contributed by atoms with Crippen LogP contribution in [0.1, 0.15) is 54.4 Å².